The number of carboxylic acids is 2. The highest BCUT2D eigenvalue weighted by atomic mass is 35.5. The van der Waals surface area contributed by atoms with Gasteiger partial charge in [-0.2, -0.15) is 97.3 Å². The van der Waals surface area contributed by atoms with Gasteiger partial charge in [0.15, 0.2) is 0 Å². The summed E-state index contributed by atoms with van der Waals surface area (Å²) in [6.07, 6.45) is -32.2. The average molecular weight is 2250 g/mol. The molecule has 0 atom stereocenters. The molecular formula is C90H53Cl8F28N3O16. The predicted octanol–water partition coefficient (Wildman–Crippen LogP) is 31.0. The first-order valence-corrected chi connectivity index (χ1v) is 41.1. The number of nitrogens with zero attached hydrogens (tertiary/aromatic N) is 2. The van der Waals surface area contributed by atoms with Gasteiger partial charge in [-0.25, -0.2) is 54.6 Å². The van der Waals surface area contributed by atoms with Crippen LogP contribution in [0.4, 0.5) is 129 Å². The molecule has 0 saturated carbocycles. The minimum atomic E-state index is -4.83. The quantitative estimate of drug-likeness (QED) is 0.0398. The normalized spacial score (nSPS) is 11.4. The van der Waals surface area contributed by atoms with Gasteiger partial charge in [0, 0.05) is 6.07 Å². The molecule has 1 amide bonds. The second-order valence-electron chi connectivity index (χ2n) is 28.1. The fourth-order valence-electron chi connectivity index (χ4n) is 11.1. The number of aliphatic hydroxyl groups is 1. The number of rotatable bonds is 16. The summed E-state index contributed by atoms with van der Waals surface area (Å²) in [6, 6.07) is 23.2. The Labute approximate surface area is 834 Å². The number of alkyl halides is 21. The topological polar surface area (TPSA) is 265 Å². The summed E-state index contributed by atoms with van der Waals surface area (Å²) < 4.78 is 388. The number of aromatic nitrogens is 2. The number of aromatic carboxylic acids is 2. The minimum absolute atomic E-state index is 0.0168. The maximum atomic E-state index is 13.4. The van der Waals surface area contributed by atoms with Crippen molar-refractivity contribution < 1.29 is 195 Å². The molecule has 4 N–H and O–H groups in total. The van der Waals surface area contributed by atoms with Gasteiger partial charge in [0.2, 0.25) is 0 Å². The van der Waals surface area contributed by atoms with E-state index < -0.39 is 245 Å². The molecule has 145 heavy (non-hydrogen) atoms. The molecule has 1 heterocycles. The highest BCUT2D eigenvalue weighted by Crippen LogP contribution is 2.48. The number of methoxy groups -OCH3 is 2. The third kappa shape index (κ3) is 34.0. The number of esters is 2. The Balaban J connectivity index is 0.000000264. The van der Waals surface area contributed by atoms with Gasteiger partial charge < -0.3 is 49.1 Å². The van der Waals surface area contributed by atoms with Crippen LogP contribution in [0.25, 0.3) is 0 Å². The number of benzene rings is 11. The second-order valence-corrected chi connectivity index (χ2v) is 31.3. The molecule has 1 aromatic heterocycles. The molecule has 0 radical (unpaired) electrons. The van der Waals surface area contributed by atoms with Crippen molar-refractivity contribution in [1.29, 1.82) is 0 Å². The van der Waals surface area contributed by atoms with Crippen LogP contribution in [0.2, 0.25) is 35.2 Å². The Morgan fingerprint density at radius 3 is 0.876 bits per heavy atom. The number of ether oxygens (including phenoxy) is 6. The van der Waals surface area contributed by atoms with Crippen LogP contribution in [-0.4, -0.2) is 74.3 Å². The average Bonchev–Trinajstić information content (AvgIpc) is 0.792. The fourth-order valence-corrected chi connectivity index (χ4v) is 13.0. The zero-order chi connectivity index (χ0) is 110. The lowest BCUT2D eigenvalue weighted by Gasteiger charge is -2.17. The summed E-state index contributed by atoms with van der Waals surface area (Å²) in [5.74, 6) is -13.7. The van der Waals surface area contributed by atoms with E-state index in [0.29, 0.717) is 69.9 Å². The Morgan fingerprint density at radius 2 is 0.579 bits per heavy atom. The van der Waals surface area contributed by atoms with Crippen molar-refractivity contribution in [3.8, 4) is 46.0 Å². The lowest BCUT2D eigenvalue weighted by Crippen LogP contribution is -2.23. The lowest BCUT2D eigenvalue weighted by atomic mass is 10.1. The number of carbonyl (C=O) groups excluding carboxylic acids is 4. The standard InChI is InChI=1S/C20H14ClF4N3O4.C16H11ClF4O3.C15H8Cl2F4O2.C15H9ClF4O3.C9H5ClF4O2.C8H3ClF4O2.C7H3ClF4/c1-10-4-11(22)2-3-16(10)32-17-7-14(20(23,24)25)15(21)6-13(17)19(31)27-12-5-18(30)28(9-29)26-8-12;1-8-5-9(18)3-4-13(8)24-14-7-11(16(19,20)21)12(17)6-10(14)15(22)23-2;1-7-4-8(18)2-3-12(7)23-13-6-10(15(19,20)21)11(16)5-9(13)14(17)22;1-7-4-8(17)2-3-12(7)23-13-6-10(15(18,19)20)11(16)5-9(13)14(21)22;1-16-8(15)4-2-6(10)5(3-7(4)11)9(12,13)14;9-5-1-3(7(14)15)6(10)2-4(5)8(11,12)13;8-6-2-1-4(9)3-5(6)7(10,11)12/h2-8,29H,9H2,1H3,(H,27,31);3-7H,1-2H3;2-6H,1H3;2-6H,1H3,(H,21,22);2-3H,1H3;1-2H,(H,14,15);1-3H. The fraction of sp³-hybridized carbons (Fsp3) is 0.156. The largest absolute Gasteiger partial charge is 0.478 e. The molecule has 0 aliphatic heterocycles. The summed E-state index contributed by atoms with van der Waals surface area (Å²) in [5, 5.41) is 26.4. The Bertz CT molecular complexity index is 6790. The molecule has 0 spiro atoms. The van der Waals surface area contributed by atoms with Gasteiger partial charge in [0.05, 0.1) is 122 Å². The van der Waals surface area contributed by atoms with Gasteiger partial charge in [0.25, 0.3) is 16.7 Å². The third-order valence-corrected chi connectivity index (χ3v) is 20.3. The molecule has 776 valence electrons. The highest BCUT2D eigenvalue weighted by molar-refractivity contribution is 6.68. The van der Waals surface area contributed by atoms with Gasteiger partial charge in [-0.05, 0) is 225 Å². The first-order chi connectivity index (χ1) is 66.7. The van der Waals surface area contributed by atoms with Crippen LogP contribution in [0.1, 0.15) is 123 Å². The Morgan fingerprint density at radius 1 is 0.324 bits per heavy atom. The van der Waals surface area contributed by atoms with Gasteiger partial charge >= 0.3 is 67.1 Å². The molecule has 0 fully saturated rings. The molecule has 0 aliphatic rings. The van der Waals surface area contributed by atoms with Crippen molar-refractivity contribution in [2.24, 2.45) is 0 Å². The molecular weight excluding hydrogens is 2190 g/mol. The zero-order valence-corrected chi connectivity index (χ0v) is 78.1. The van der Waals surface area contributed by atoms with Crippen LogP contribution >= 0.6 is 92.8 Å². The molecule has 19 nitrogen and oxygen atoms in total. The van der Waals surface area contributed by atoms with Crippen LogP contribution in [-0.2, 0) is 59.4 Å². The molecule has 11 aromatic carbocycles. The first-order valence-electron chi connectivity index (χ1n) is 38.1. The molecule has 0 bridgehead atoms. The van der Waals surface area contributed by atoms with E-state index in [9.17, 15) is 156 Å². The summed E-state index contributed by atoms with van der Waals surface area (Å²) in [7, 11) is 2.05. The van der Waals surface area contributed by atoms with E-state index in [1.54, 1.807) is 0 Å². The van der Waals surface area contributed by atoms with Crippen LogP contribution in [0.5, 0.6) is 46.0 Å². The van der Waals surface area contributed by atoms with E-state index in [1.807, 2.05) is 0 Å². The predicted molar refractivity (Wildman–Crippen MR) is 465 cm³/mol. The van der Waals surface area contributed by atoms with Gasteiger partial charge in [-0.15, -0.1) is 0 Å². The van der Waals surface area contributed by atoms with Gasteiger partial charge in [-0.3, -0.25) is 14.4 Å². The maximum absolute atomic E-state index is 13.4. The number of carbonyl (C=O) groups is 6. The number of nitrogens with one attached hydrogen (secondary N) is 1. The maximum Gasteiger partial charge on any atom is 0.417 e. The molecule has 0 unspecified atom stereocenters. The van der Waals surface area contributed by atoms with Crippen LogP contribution in [0.3, 0.4) is 0 Å². The van der Waals surface area contributed by atoms with Gasteiger partial charge in [0.1, 0.15) is 105 Å². The molecule has 12 aromatic rings. The number of hydrogen-bond donors (Lipinski definition) is 4. The summed E-state index contributed by atoms with van der Waals surface area (Å²) in [6.45, 7) is 5.27. The number of halogens is 36. The van der Waals surface area contributed by atoms with E-state index in [1.165, 1.54) is 52.0 Å². The smallest absolute Gasteiger partial charge is 0.417 e. The van der Waals surface area contributed by atoms with Crippen molar-refractivity contribution in [2.45, 2.75) is 77.7 Å². The first kappa shape index (κ1) is 121. The molecule has 0 aliphatic carbocycles. The SMILES string of the molecule is COC(=O)c1cc(Cl)c(C(F)(F)F)cc1F.COC(=O)c1cc(Cl)c(C(F)(F)F)cc1Oc1ccc(F)cc1C.Cc1cc(F)ccc1Oc1cc(C(F)(F)F)c(Cl)cc1C(=O)Cl.Cc1cc(F)ccc1Oc1cc(C(F)(F)F)c(Cl)cc1C(=O)Nc1cnn(CO)c(=O)c1.Cc1cc(F)ccc1Oc1cc(C(F)(F)F)c(Cl)cc1C(=O)O.Fc1ccc(Cl)c(C(F)(F)F)c1.O=C(O)c1cc(Cl)c(C(F)(F)F)cc1F. The summed E-state index contributed by atoms with van der Waals surface area (Å²) >= 11 is 43.4. The Hall–Kier alpha value is -13.2. The minimum Gasteiger partial charge on any atom is -0.478 e. The van der Waals surface area contributed by atoms with E-state index >= 15 is 0 Å². The zero-order valence-electron chi connectivity index (χ0n) is 72.1. The molecule has 55 heteroatoms. The van der Waals surface area contributed by atoms with Crippen LogP contribution in [0, 0.1) is 68.4 Å². The molecule has 0 saturated heterocycles. The second kappa shape index (κ2) is 49.6. The van der Waals surface area contributed by atoms with Crippen molar-refractivity contribution in [3.63, 3.8) is 0 Å². The van der Waals surface area contributed by atoms with E-state index in [2.05, 4.69) is 19.9 Å². The van der Waals surface area contributed by atoms with E-state index in [4.69, 9.17) is 127 Å². The van der Waals surface area contributed by atoms with E-state index in [-0.39, 0.29) is 63.1 Å². The van der Waals surface area contributed by atoms with Crippen LogP contribution < -0.4 is 29.8 Å². The van der Waals surface area contributed by atoms with Crippen molar-refractivity contribution >= 4 is 134 Å². The summed E-state index contributed by atoms with van der Waals surface area (Å²) in [4.78, 5) is 80.2. The van der Waals surface area contributed by atoms with Crippen LogP contribution in [0.15, 0.2) is 181 Å². The third-order valence-electron chi connectivity index (χ3n) is 17.9. The lowest BCUT2D eigenvalue weighted by molar-refractivity contribution is -0.138. The number of amides is 1. The number of hydrogen-bond acceptors (Lipinski definition) is 15. The highest BCUT2D eigenvalue weighted by Gasteiger charge is 2.42. The van der Waals surface area contributed by atoms with E-state index in [0.717, 1.165) is 105 Å². The summed E-state index contributed by atoms with van der Waals surface area (Å²) in [5.41, 5.74) is -11.3. The number of aryl methyl sites for hydroxylation is 4. The van der Waals surface area contributed by atoms with Gasteiger partial charge in [-0.1, -0.05) is 81.2 Å². The number of aliphatic hydroxyl groups excluding tert-OH is 1. The monoisotopic (exact) mass is 2240 g/mol. The Kier molecular flexibility index (Phi) is 41.2. The number of anilines is 1. The van der Waals surface area contributed by atoms with Crippen molar-refractivity contribution in [1.82, 2.24) is 9.78 Å². The van der Waals surface area contributed by atoms with Crippen molar-refractivity contribution in [3.05, 3.63) is 357 Å². The number of carboxylic acid groups (broad SMARTS) is 2. The molecule has 12 rings (SSSR count). The van der Waals surface area contributed by atoms with Crippen molar-refractivity contribution in [2.75, 3.05) is 19.5 Å².